The highest BCUT2D eigenvalue weighted by Crippen LogP contribution is 2.12. The number of nitrogens with zero attached hydrogens (tertiary/aromatic N) is 3. The first kappa shape index (κ1) is 20.4. The summed E-state index contributed by atoms with van der Waals surface area (Å²) in [7, 11) is 0. The smallest absolute Gasteiger partial charge is 0.253 e. The van der Waals surface area contributed by atoms with E-state index in [0.29, 0.717) is 41.9 Å². The highest BCUT2D eigenvalue weighted by molar-refractivity contribution is 6.30. The van der Waals surface area contributed by atoms with Crippen LogP contribution in [0.3, 0.4) is 0 Å². The molecule has 0 spiro atoms. The lowest BCUT2D eigenvalue weighted by Crippen LogP contribution is -2.35. The molecule has 1 aromatic carbocycles. The second-order valence-electron chi connectivity index (χ2n) is 5.71. The van der Waals surface area contributed by atoms with Crippen LogP contribution < -0.4 is 10.6 Å². The Bertz CT molecular complexity index is 778. The minimum absolute atomic E-state index is 0.0720. The van der Waals surface area contributed by atoms with E-state index in [-0.39, 0.29) is 11.8 Å². The molecule has 2 aromatic rings. The molecule has 8 heteroatoms. The molecule has 0 aliphatic heterocycles. The summed E-state index contributed by atoms with van der Waals surface area (Å²) in [6.45, 7) is 7.08. The third kappa shape index (κ3) is 6.38. The molecule has 2 rings (SSSR count). The quantitative estimate of drug-likeness (QED) is 0.645. The zero-order valence-electron chi connectivity index (χ0n) is 15.1. The number of aromatic nitrogens is 2. The van der Waals surface area contributed by atoms with Gasteiger partial charge in [0.1, 0.15) is 0 Å². The zero-order chi connectivity index (χ0) is 19.6. The number of rotatable bonds is 9. The average molecular weight is 388 g/mol. The minimum Gasteiger partial charge on any atom is -0.352 e. The molecule has 0 fully saturated rings. The van der Waals surface area contributed by atoms with Crippen LogP contribution in [-0.2, 0) is 4.79 Å². The van der Waals surface area contributed by atoms with Crippen LogP contribution in [0.25, 0.3) is 0 Å². The van der Waals surface area contributed by atoms with Gasteiger partial charge >= 0.3 is 0 Å². The number of anilines is 2. The first-order chi connectivity index (χ1) is 13.0. The van der Waals surface area contributed by atoms with Crippen LogP contribution in [0.5, 0.6) is 0 Å². The van der Waals surface area contributed by atoms with Crippen LogP contribution in [-0.4, -0.2) is 46.3 Å². The third-order valence-electron chi connectivity index (χ3n) is 3.65. The lowest BCUT2D eigenvalue weighted by Gasteiger charge is -2.22. The maximum atomic E-state index is 12.8. The number of amides is 2. The predicted octanol–water partition coefficient (Wildman–Crippen LogP) is 3.22. The molecule has 0 bridgehead atoms. The number of carbonyl (C=O) groups is 2. The van der Waals surface area contributed by atoms with Crippen molar-refractivity contribution in [2.45, 2.75) is 13.3 Å². The van der Waals surface area contributed by atoms with Crippen molar-refractivity contribution in [2.75, 3.05) is 30.3 Å². The van der Waals surface area contributed by atoms with E-state index in [1.807, 2.05) is 6.92 Å². The van der Waals surface area contributed by atoms with Crippen LogP contribution in [0.4, 0.5) is 11.6 Å². The van der Waals surface area contributed by atoms with Gasteiger partial charge in [-0.25, -0.2) is 9.97 Å². The van der Waals surface area contributed by atoms with Gasteiger partial charge in [0.05, 0.1) is 17.4 Å². The van der Waals surface area contributed by atoms with Gasteiger partial charge in [-0.05, 0) is 36.8 Å². The van der Waals surface area contributed by atoms with Crippen LogP contribution in [0.1, 0.15) is 23.7 Å². The van der Waals surface area contributed by atoms with Gasteiger partial charge in [-0.3, -0.25) is 9.59 Å². The Morgan fingerprint density at radius 1 is 1.19 bits per heavy atom. The molecule has 0 radical (unpaired) electrons. The fourth-order valence-corrected chi connectivity index (χ4v) is 2.46. The largest absolute Gasteiger partial charge is 0.352 e. The molecule has 142 valence electrons. The Hall–Kier alpha value is -2.93. The highest BCUT2D eigenvalue weighted by atomic mass is 35.5. The Balaban J connectivity index is 1.95. The van der Waals surface area contributed by atoms with E-state index in [9.17, 15) is 9.59 Å². The average Bonchev–Trinajstić information content (AvgIpc) is 2.68. The van der Waals surface area contributed by atoms with Gasteiger partial charge in [0.2, 0.25) is 11.9 Å². The van der Waals surface area contributed by atoms with Crippen molar-refractivity contribution in [3.05, 3.63) is 59.9 Å². The highest BCUT2D eigenvalue weighted by Gasteiger charge is 2.15. The van der Waals surface area contributed by atoms with Crippen molar-refractivity contribution in [3.63, 3.8) is 0 Å². The minimum atomic E-state index is -0.294. The summed E-state index contributed by atoms with van der Waals surface area (Å²) in [4.78, 5) is 34.0. The van der Waals surface area contributed by atoms with E-state index in [4.69, 9.17) is 11.6 Å². The Morgan fingerprint density at radius 3 is 2.44 bits per heavy atom. The second kappa shape index (κ2) is 10.3. The number of hydrogen-bond acceptors (Lipinski definition) is 5. The Labute approximate surface area is 163 Å². The monoisotopic (exact) mass is 387 g/mol. The van der Waals surface area contributed by atoms with Gasteiger partial charge < -0.3 is 15.5 Å². The van der Waals surface area contributed by atoms with Crippen molar-refractivity contribution in [1.29, 1.82) is 0 Å². The molecule has 0 aliphatic carbocycles. The van der Waals surface area contributed by atoms with E-state index in [2.05, 4.69) is 27.2 Å². The first-order valence-electron chi connectivity index (χ1n) is 8.57. The van der Waals surface area contributed by atoms with Crippen molar-refractivity contribution in [2.24, 2.45) is 0 Å². The molecule has 0 aliphatic rings. The number of benzene rings is 1. The van der Waals surface area contributed by atoms with E-state index < -0.39 is 0 Å². The number of hydrogen-bond donors (Lipinski definition) is 2. The van der Waals surface area contributed by atoms with E-state index in [1.54, 1.807) is 29.2 Å². The summed E-state index contributed by atoms with van der Waals surface area (Å²) in [5, 5.41) is 6.19. The molecule has 0 unspecified atom stereocenters. The lowest BCUT2D eigenvalue weighted by molar-refractivity contribution is -0.111. The maximum absolute atomic E-state index is 12.8. The summed E-state index contributed by atoms with van der Waals surface area (Å²) < 4.78 is 0. The maximum Gasteiger partial charge on any atom is 0.253 e. The molecule has 0 atom stereocenters. The molecule has 0 saturated heterocycles. The van der Waals surface area contributed by atoms with Gasteiger partial charge in [0.25, 0.3) is 5.91 Å². The topological polar surface area (TPSA) is 87.2 Å². The number of carbonyl (C=O) groups excluding carboxylic acids is 2. The number of halogens is 1. The van der Waals surface area contributed by atoms with E-state index >= 15 is 0 Å². The van der Waals surface area contributed by atoms with Gasteiger partial charge in [-0.2, -0.15) is 0 Å². The first-order valence-corrected chi connectivity index (χ1v) is 8.95. The molecule has 2 amide bonds. The molecule has 7 nitrogen and oxygen atoms in total. The molecule has 1 heterocycles. The van der Waals surface area contributed by atoms with E-state index in [1.165, 1.54) is 18.5 Å². The molecular weight excluding hydrogens is 366 g/mol. The van der Waals surface area contributed by atoms with Gasteiger partial charge in [-0.15, -0.1) is 0 Å². The van der Waals surface area contributed by atoms with E-state index in [0.717, 1.165) is 6.42 Å². The molecule has 1 aromatic heterocycles. The lowest BCUT2D eigenvalue weighted by atomic mass is 10.1. The summed E-state index contributed by atoms with van der Waals surface area (Å²) in [6, 6.07) is 6.77. The fourth-order valence-electron chi connectivity index (χ4n) is 2.36. The number of nitrogens with one attached hydrogen (secondary N) is 2. The normalized spacial score (nSPS) is 10.1. The van der Waals surface area contributed by atoms with Crippen molar-refractivity contribution >= 4 is 35.1 Å². The van der Waals surface area contributed by atoms with Crippen molar-refractivity contribution in [1.82, 2.24) is 14.9 Å². The van der Waals surface area contributed by atoms with Crippen LogP contribution in [0.2, 0.25) is 5.02 Å². The Kier molecular flexibility index (Phi) is 7.76. The summed E-state index contributed by atoms with van der Waals surface area (Å²) in [6.07, 6.45) is 5.06. The summed E-state index contributed by atoms with van der Waals surface area (Å²) >= 11 is 5.76. The second-order valence-corrected chi connectivity index (χ2v) is 6.15. The molecule has 0 saturated carbocycles. The summed E-state index contributed by atoms with van der Waals surface area (Å²) in [5.41, 5.74) is 1.17. The third-order valence-corrected chi connectivity index (χ3v) is 3.85. The summed E-state index contributed by atoms with van der Waals surface area (Å²) in [5.74, 6) is 0.0973. The van der Waals surface area contributed by atoms with Crippen LogP contribution >= 0.6 is 11.6 Å². The molecular formula is C19H22ClN5O2. The van der Waals surface area contributed by atoms with Gasteiger partial charge in [0, 0.05) is 30.9 Å². The van der Waals surface area contributed by atoms with Crippen LogP contribution in [0.15, 0.2) is 49.3 Å². The predicted molar refractivity (Wildman–Crippen MR) is 107 cm³/mol. The SMILES string of the molecule is C=CC(=O)Nc1ccc(C(=O)N(CCC)CCNc2ncc(Cl)cn2)cc1. The van der Waals surface area contributed by atoms with Gasteiger partial charge in [0.15, 0.2) is 0 Å². The zero-order valence-corrected chi connectivity index (χ0v) is 15.9. The standard InChI is InChI=1S/C19H22ClN5O2/c1-3-10-25(11-9-21-19-22-12-15(20)13-23-19)18(27)14-5-7-16(8-6-14)24-17(26)4-2/h4-8,12-13H,2-3,9-11H2,1H3,(H,24,26)(H,21,22,23). The Morgan fingerprint density at radius 2 is 1.85 bits per heavy atom. The fraction of sp³-hybridized carbons (Fsp3) is 0.263. The molecule has 2 N–H and O–H groups in total. The van der Waals surface area contributed by atoms with Crippen LogP contribution in [0, 0.1) is 0 Å². The molecule has 27 heavy (non-hydrogen) atoms. The van der Waals surface area contributed by atoms with Gasteiger partial charge in [-0.1, -0.05) is 25.1 Å². The van der Waals surface area contributed by atoms with Crippen molar-refractivity contribution in [3.8, 4) is 0 Å². The van der Waals surface area contributed by atoms with Crippen molar-refractivity contribution < 1.29 is 9.59 Å².